The third kappa shape index (κ3) is 4.94. The van der Waals surface area contributed by atoms with Crippen LogP contribution in [0.15, 0.2) is 48.5 Å². The summed E-state index contributed by atoms with van der Waals surface area (Å²) in [5.74, 6) is 0.218. The summed E-state index contributed by atoms with van der Waals surface area (Å²) in [4.78, 5) is 18.7. The van der Waals surface area contributed by atoms with Crippen molar-refractivity contribution in [2.75, 3.05) is 18.8 Å². The molecular weight excluding hydrogens is 324 g/mol. The number of piperidine rings is 1. The second-order valence-electron chi connectivity index (χ2n) is 5.98. The molecule has 1 aliphatic rings. The maximum absolute atomic E-state index is 12.3. The third-order valence-corrected chi connectivity index (χ3v) is 4.09. The number of pyridine rings is 1. The van der Waals surface area contributed by atoms with Crippen LogP contribution in [0.1, 0.15) is 28.9 Å². The van der Waals surface area contributed by atoms with Gasteiger partial charge in [0.05, 0.1) is 0 Å². The van der Waals surface area contributed by atoms with Crippen LogP contribution in [-0.2, 0) is 6.54 Å². The number of hydrogen-bond donors (Lipinski definition) is 2. The molecule has 0 aliphatic carbocycles. The summed E-state index contributed by atoms with van der Waals surface area (Å²) in [5.41, 5.74) is 7.32. The van der Waals surface area contributed by atoms with E-state index in [1.807, 2.05) is 6.07 Å². The van der Waals surface area contributed by atoms with Gasteiger partial charge >= 0.3 is 0 Å². The van der Waals surface area contributed by atoms with Crippen molar-refractivity contribution in [3.8, 4) is 0 Å². The Morgan fingerprint density at radius 1 is 1.21 bits per heavy atom. The van der Waals surface area contributed by atoms with E-state index in [1.54, 1.807) is 18.2 Å². The molecule has 5 nitrogen and oxygen atoms in total. The second kappa shape index (κ2) is 8.66. The van der Waals surface area contributed by atoms with Crippen molar-refractivity contribution in [1.29, 1.82) is 0 Å². The van der Waals surface area contributed by atoms with Crippen molar-refractivity contribution in [3.63, 3.8) is 0 Å². The molecule has 0 radical (unpaired) electrons. The molecule has 0 saturated carbocycles. The van der Waals surface area contributed by atoms with Crippen LogP contribution in [0.4, 0.5) is 5.82 Å². The topological polar surface area (TPSA) is 71.2 Å². The van der Waals surface area contributed by atoms with Crippen LogP contribution in [0.5, 0.6) is 0 Å². The molecule has 1 saturated heterocycles. The molecule has 3 N–H and O–H groups in total. The fraction of sp³-hybridized carbons (Fsp3) is 0.333. The standard InChI is InChI=1S/C18H22N4O.ClH/c19-17-10-4-9-16(21-17)18(23)20-15-8-5-11-22(13-15)12-14-6-2-1-3-7-14;/h1-4,6-7,9-10,15H,5,8,11-13H2,(H2,19,21)(H,20,23);1H. The zero-order valence-corrected chi connectivity index (χ0v) is 14.3. The molecule has 1 fully saturated rings. The molecule has 3 rings (SSSR count). The Morgan fingerprint density at radius 3 is 2.75 bits per heavy atom. The number of anilines is 1. The summed E-state index contributed by atoms with van der Waals surface area (Å²) in [7, 11) is 0. The predicted octanol–water partition coefficient (Wildman–Crippen LogP) is 2.48. The summed E-state index contributed by atoms with van der Waals surface area (Å²) in [5, 5.41) is 3.08. The minimum absolute atomic E-state index is 0. The number of likely N-dealkylation sites (tertiary alicyclic amines) is 1. The minimum atomic E-state index is -0.149. The molecule has 0 spiro atoms. The van der Waals surface area contributed by atoms with Gasteiger partial charge in [0.1, 0.15) is 11.5 Å². The van der Waals surface area contributed by atoms with Crippen molar-refractivity contribution in [1.82, 2.24) is 15.2 Å². The van der Waals surface area contributed by atoms with Gasteiger partial charge in [-0.1, -0.05) is 36.4 Å². The van der Waals surface area contributed by atoms with E-state index in [2.05, 4.69) is 39.5 Å². The first-order valence-electron chi connectivity index (χ1n) is 8.00. The van der Waals surface area contributed by atoms with Gasteiger partial charge in [0.25, 0.3) is 5.91 Å². The average Bonchev–Trinajstić information content (AvgIpc) is 2.56. The van der Waals surface area contributed by atoms with E-state index < -0.39 is 0 Å². The van der Waals surface area contributed by atoms with Crippen molar-refractivity contribution < 1.29 is 4.79 Å². The van der Waals surface area contributed by atoms with Gasteiger partial charge in [0, 0.05) is 19.1 Å². The number of nitrogens with one attached hydrogen (secondary N) is 1. The monoisotopic (exact) mass is 346 g/mol. The summed E-state index contributed by atoms with van der Waals surface area (Å²) in [6, 6.07) is 15.7. The van der Waals surface area contributed by atoms with Crippen molar-refractivity contribution >= 4 is 24.1 Å². The van der Waals surface area contributed by atoms with Crippen LogP contribution in [-0.4, -0.2) is 34.9 Å². The molecule has 1 amide bonds. The van der Waals surface area contributed by atoms with E-state index in [1.165, 1.54) is 5.56 Å². The summed E-state index contributed by atoms with van der Waals surface area (Å²) in [6.45, 7) is 2.85. The maximum Gasteiger partial charge on any atom is 0.270 e. The number of aromatic nitrogens is 1. The van der Waals surface area contributed by atoms with Crippen LogP contribution in [0.3, 0.4) is 0 Å². The third-order valence-electron chi connectivity index (χ3n) is 4.09. The number of nitrogen functional groups attached to an aromatic ring is 1. The van der Waals surface area contributed by atoms with E-state index in [0.29, 0.717) is 11.5 Å². The van der Waals surface area contributed by atoms with Crippen molar-refractivity contribution in [2.24, 2.45) is 0 Å². The van der Waals surface area contributed by atoms with Gasteiger partial charge < -0.3 is 11.1 Å². The predicted molar refractivity (Wildman–Crippen MR) is 98.1 cm³/mol. The fourth-order valence-corrected chi connectivity index (χ4v) is 3.00. The first-order valence-corrected chi connectivity index (χ1v) is 8.00. The highest BCUT2D eigenvalue weighted by atomic mass is 35.5. The molecule has 1 aliphatic heterocycles. The summed E-state index contributed by atoms with van der Waals surface area (Å²) in [6.07, 6.45) is 2.08. The van der Waals surface area contributed by atoms with E-state index >= 15 is 0 Å². The van der Waals surface area contributed by atoms with Gasteiger partial charge in [-0.15, -0.1) is 12.4 Å². The normalized spacial score (nSPS) is 17.8. The van der Waals surface area contributed by atoms with Gasteiger partial charge in [0.2, 0.25) is 0 Å². The second-order valence-corrected chi connectivity index (χ2v) is 5.98. The summed E-state index contributed by atoms with van der Waals surface area (Å²) >= 11 is 0. The summed E-state index contributed by atoms with van der Waals surface area (Å²) < 4.78 is 0. The average molecular weight is 347 g/mol. The number of hydrogen-bond acceptors (Lipinski definition) is 4. The highest BCUT2D eigenvalue weighted by molar-refractivity contribution is 5.92. The lowest BCUT2D eigenvalue weighted by atomic mass is 10.0. The lowest BCUT2D eigenvalue weighted by molar-refractivity contribution is 0.0896. The zero-order valence-electron chi connectivity index (χ0n) is 13.5. The first-order chi connectivity index (χ1) is 11.2. The molecular formula is C18H23ClN4O. The van der Waals surface area contributed by atoms with Crippen LogP contribution in [0, 0.1) is 0 Å². The van der Waals surface area contributed by atoms with E-state index in [0.717, 1.165) is 32.5 Å². The Kier molecular flexibility index (Phi) is 6.58. The molecule has 1 aromatic carbocycles. The quantitative estimate of drug-likeness (QED) is 0.892. The van der Waals surface area contributed by atoms with Gasteiger partial charge in [-0.25, -0.2) is 4.98 Å². The molecule has 0 bridgehead atoms. The Bertz CT molecular complexity index is 665. The molecule has 128 valence electrons. The molecule has 24 heavy (non-hydrogen) atoms. The molecule has 2 aromatic rings. The molecule has 1 unspecified atom stereocenters. The smallest absolute Gasteiger partial charge is 0.270 e. The number of halogens is 1. The molecule has 6 heteroatoms. The van der Waals surface area contributed by atoms with Gasteiger partial charge in [0.15, 0.2) is 0 Å². The number of carbonyl (C=O) groups excluding carboxylic acids is 1. The van der Waals surface area contributed by atoms with Crippen LogP contribution >= 0.6 is 12.4 Å². The minimum Gasteiger partial charge on any atom is -0.384 e. The number of benzene rings is 1. The van der Waals surface area contributed by atoms with Gasteiger partial charge in [-0.05, 0) is 37.1 Å². The Labute approximate surface area is 148 Å². The number of nitrogens with two attached hydrogens (primary N) is 1. The van der Waals surface area contributed by atoms with Crippen molar-refractivity contribution in [2.45, 2.75) is 25.4 Å². The van der Waals surface area contributed by atoms with Crippen LogP contribution in [0.2, 0.25) is 0 Å². The zero-order chi connectivity index (χ0) is 16.1. The molecule has 2 heterocycles. The molecule has 1 aromatic heterocycles. The first kappa shape index (κ1) is 18.2. The fourth-order valence-electron chi connectivity index (χ4n) is 3.00. The molecule has 1 atom stereocenters. The number of carbonyl (C=O) groups is 1. The van der Waals surface area contributed by atoms with Gasteiger partial charge in [-0.2, -0.15) is 0 Å². The number of rotatable bonds is 4. The Morgan fingerprint density at radius 2 is 2.00 bits per heavy atom. The van der Waals surface area contributed by atoms with Gasteiger partial charge in [-0.3, -0.25) is 9.69 Å². The highest BCUT2D eigenvalue weighted by Crippen LogP contribution is 2.14. The van der Waals surface area contributed by atoms with E-state index in [-0.39, 0.29) is 24.4 Å². The van der Waals surface area contributed by atoms with Crippen LogP contribution < -0.4 is 11.1 Å². The highest BCUT2D eigenvalue weighted by Gasteiger charge is 2.22. The SMILES string of the molecule is Cl.Nc1cccc(C(=O)NC2CCCN(Cc3ccccc3)C2)n1. The number of amides is 1. The largest absolute Gasteiger partial charge is 0.384 e. The Balaban J connectivity index is 0.00000208. The van der Waals surface area contributed by atoms with E-state index in [4.69, 9.17) is 5.73 Å². The lowest BCUT2D eigenvalue weighted by Crippen LogP contribution is -2.47. The lowest BCUT2D eigenvalue weighted by Gasteiger charge is -2.33. The Hall–Kier alpha value is -2.11. The maximum atomic E-state index is 12.3. The van der Waals surface area contributed by atoms with Crippen molar-refractivity contribution in [3.05, 3.63) is 59.8 Å². The van der Waals surface area contributed by atoms with E-state index in [9.17, 15) is 4.79 Å². The van der Waals surface area contributed by atoms with Crippen LogP contribution in [0.25, 0.3) is 0 Å². The number of nitrogens with zero attached hydrogens (tertiary/aromatic N) is 2.